The number of hydrogen-bond acceptors (Lipinski definition) is 5. The zero-order valence-corrected chi connectivity index (χ0v) is 20.6. The van der Waals surface area contributed by atoms with Crippen molar-refractivity contribution in [3.63, 3.8) is 0 Å². The number of carbonyl (C=O) groups is 2. The Labute approximate surface area is 204 Å². The molecule has 0 spiro atoms. The van der Waals surface area contributed by atoms with Gasteiger partial charge in [-0.15, -0.1) is 0 Å². The average Bonchev–Trinajstić information content (AvgIpc) is 3.36. The molecule has 0 bridgehead atoms. The second kappa shape index (κ2) is 9.40. The Balaban J connectivity index is 1.73. The smallest absolute Gasteiger partial charge is 0.252 e. The number of imide groups is 1. The third kappa shape index (κ3) is 4.60. The average molecular weight is 562 g/mol. The molecule has 32 heavy (non-hydrogen) atoms. The van der Waals surface area contributed by atoms with Crippen LogP contribution in [0, 0.1) is 0 Å². The summed E-state index contributed by atoms with van der Waals surface area (Å²) in [7, 11) is -4.26. The lowest BCUT2D eigenvalue weighted by atomic mass is 10.2. The molecule has 170 valence electrons. The normalized spacial score (nSPS) is 21.7. The van der Waals surface area contributed by atoms with Gasteiger partial charge < -0.3 is 4.74 Å². The van der Waals surface area contributed by atoms with E-state index in [2.05, 4.69) is 15.9 Å². The summed E-state index contributed by atoms with van der Waals surface area (Å²) in [4.78, 5) is 26.9. The third-order valence-electron chi connectivity index (χ3n) is 5.44. The van der Waals surface area contributed by atoms with Gasteiger partial charge in [0.25, 0.3) is 5.91 Å². The number of nitrogens with zero attached hydrogens (tertiary/aromatic N) is 2. The van der Waals surface area contributed by atoms with Gasteiger partial charge in [0.1, 0.15) is 10.9 Å². The molecule has 0 radical (unpaired) electrons. The molecule has 0 aliphatic carbocycles. The van der Waals surface area contributed by atoms with Crippen molar-refractivity contribution < 1.29 is 22.7 Å². The molecule has 11 heteroatoms. The van der Waals surface area contributed by atoms with Crippen molar-refractivity contribution in [3.8, 4) is 0 Å². The minimum Gasteiger partial charge on any atom is -0.377 e. The van der Waals surface area contributed by atoms with Crippen LogP contribution < -0.4 is 4.90 Å². The maximum absolute atomic E-state index is 13.7. The van der Waals surface area contributed by atoms with Gasteiger partial charge >= 0.3 is 0 Å². The molecule has 2 aromatic carbocycles. The number of amides is 2. The lowest BCUT2D eigenvalue weighted by Gasteiger charge is -2.29. The van der Waals surface area contributed by atoms with Crippen LogP contribution in [0.2, 0.25) is 10.0 Å². The van der Waals surface area contributed by atoms with E-state index in [-0.39, 0.29) is 34.0 Å². The van der Waals surface area contributed by atoms with Crippen LogP contribution in [0.25, 0.3) is 0 Å². The molecule has 0 N–H and O–H groups in total. The Kier molecular flexibility index (Phi) is 6.95. The Bertz CT molecular complexity index is 1150. The van der Waals surface area contributed by atoms with E-state index in [1.54, 1.807) is 24.3 Å². The molecular formula is C21H19BrCl2N2O5S. The Morgan fingerprint density at radius 1 is 1.12 bits per heavy atom. The number of ether oxygens (including phenoxy) is 1. The molecule has 2 saturated heterocycles. The van der Waals surface area contributed by atoms with E-state index >= 15 is 0 Å². The first-order valence-electron chi connectivity index (χ1n) is 9.89. The van der Waals surface area contributed by atoms with Crippen molar-refractivity contribution in [1.82, 2.24) is 4.31 Å². The Hall–Kier alpha value is -1.49. The van der Waals surface area contributed by atoms with Crippen LogP contribution >= 0.6 is 39.1 Å². The van der Waals surface area contributed by atoms with E-state index in [0.29, 0.717) is 18.7 Å². The molecular weight excluding hydrogens is 543 g/mol. The Morgan fingerprint density at radius 3 is 2.50 bits per heavy atom. The molecule has 2 fully saturated rings. The molecule has 7 nitrogen and oxygen atoms in total. The van der Waals surface area contributed by atoms with E-state index < -0.39 is 27.9 Å². The first-order valence-corrected chi connectivity index (χ1v) is 12.9. The van der Waals surface area contributed by atoms with Crippen LogP contribution in [0.4, 0.5) is 5.69 Å². The highest BCUT2D eigenvalue weighted by Gasteiger charge is 2.48. The van der Waals surface area contributed by atoms with Crippen LogP contribution in [0.3, 0.4) is 0 Å². The van der Waals surface area contributed by atoms with Crippen LogP contribution in [0.15, 0.2) is 51.8 Å². The monoisotopic (exact) mass is 560 g/mol. The lowest BCUT2D eigenvalue weighted by molar-refractivity contribution is -0.122. The van der Waals surface area contributed by atoms with Crippen molar-refractivity contribution in [3.05, 3.63) is 57.0 Å². The molecule has 2 aliphatic heterocycles. The molecule has 2 aliphatic rings. The summed E-state index contributed by atoms with van der Waals surface area (Å²) < 4.78 is 34.8. The molecule has 0 aromatic heterocycles. The number of hydrogen-bond donors (Lipinski definition) is 0. The van der Waals surface area contributed by atoms with Crippen molar-refractivity contribution in [2.45, 2.75) is 36.3 Å². The van der Waals surface area contributed by atoms with Gasteiger partial charge in [-0.25, -0.2) is 13.3 Å². The van der Waals surface area contributed by atoms with E-state index in [1.807, 2.05) is 0 Å². The summed E-state index contributed by atoms with van der Waals surface area (Å²) in [6.45, 7) is 0.447. The van der Waals surface area contributed by atoms with Gasteiger partial charge in [0.05, 0.1) is 23.2 Å². The third-order valence-corrected chi connectivity index (χ3v) is 8.56. The van der Waals surface area contributed by atoms with Gasteiger partial charge in [-0.1, -0.05) is 39.1 Å². The minimum absolute atomic E-state index is 0.0201. The summed E-state index contributed by atoms with van der Waals surface area (Å²) in [5.74, 6) is -1.09. The van der Waals surface area contributed by atoms with Gasteiger partial charge in [-0.2, -0.15) is 4.31 Å². The quantitative estimate of drug-likeness (QED) is 0.492. The van der Waals surface area contributed by atoms with E-state index in [4.69, 9.17) is 27.9 Å². The summed E-state index contributed by atoms with van der Waals surface area (Å²) in [6.07, 6.45) is 0.783. The predicted molar refractivity (Wildman–Crippen MR) is 124 cm³/mol. The van der Waals surface area contributed by atoms with Gasteiger partial charge in [0, 0.05) is 22.6 Å². The fraction of sp³-hybridized carbons (Fsp3) is 0.333. The largest absolute Gasteiger partial charge is 0.377 e. The number of anilines is 1. The van der Waals surface area contributed by atoms with E-state index in [0.717, 1.165) is 20.1 Å². The van der Waals surface area contributed by atoms with Gasteiger partial charge in [0.15, 0.2) is 0 Å². The fourth-order valence-electron chi connectivity index (χ4n) is 3.89. The topological polar surface area (TPSA) is 84.0 Å². The predicted octanol–water partition coefficient (Wildman–Crippen LogP) is 4.26. The van der Waals surface area contributed by atoms with Crippen molar-refractivity contribution in [1.29, 1.82) is 0 Å². The van der Waals surface area contributed by atoms with Gasteiger partial charge in [0.2, 0.25) is 15.9 Å². The Morgan fingerprint density at radius 2 is 1.84 bits per heavy atom. The summed E-state index contributed by atoms with van der Waals surface area (Å²) >= 11 is 15.5. The van der Waals surface area contributed by atoms with Crippen LogP contribution in [-0.2, 0) is 24.3 Å². The molecule has 2 unspecified atom stereocenters. The zero-order chi connectivity index (χ0) is 23.0. The first-order chi connectivity index (χ1) is 15.2. The number of rotatable bonds is 6. The first kappa shape index (κ1) is 23.7. The van der Waals surface area contributed by atoms with Crippen molar-refractivity contribution >= 4 is 66.7 Å². The number of sulfonamides is 1. The maximum Gasteiger partial charge on any atom is 0.252 e. The minimum atomic E-state index is -4.26. The molecule has 2 heterocycles. The molecule has 4 rings (SSSR count). The maximum atomic E-state index is 13.7. The highest BCUT2D eigenvalue weighted by molar-refractivity contribution is 9.10. The van der Waals surface area contributed by atoms with Gasteiger partial charge in [-0.05, 0) is 55.3 Å². The van der Waals surface area contributed by atoms with Crippen molar-refractivity contribution in [2.75, 3.05) is 18.1 Å². The number of benzene rings is 2. The summed E-state index contributed by atoms with van der Waals surface area (Å²) in [5, 5.41) is 0.170. The fourth-order valence-corrected chi connectivity index (χ4v) is 6.50. The van der Waals surface area contributed by atoms with E-state index in [1.165, 1.54) is 18.2 Å². The SMILES string of the molecule is O=C1CC(N(CC2CCCO2)S(=O)(=O)c2cc(Cl)ccc2Cl)C(=O)N1c1ccc(Br)cc1. The van der Waals surface area contributed by atoms with Crippen molar-refractivity contribution in [2.24, 2.45) is 0 Å². The highest BCUT2D eigenvalue weighted by Crippen LogP contribution is 2.34. The van der Waals surface area contributed by atoms with E-state index in [9.17, 15) is 18.0 Å². The number of halogens is 3. The zero-order valence-electron chi connectivity index (χ0n) is 16.7. The second-order valence-corrected chi connectivity index (χ2v) is 11.2. The lowest BCUT2D eigenvalue weighted by Crippen LogP contribution is -2.48. The standard InChI is InChI=1S/C21H19BrCl2N2O5S/c22-13-3-6-15(7-4-13)26-20(27)11-18(21(26)28)25(12-16-2-1-9-31-16)32(29,30)19-10-14(23)5-8-17(19)24/h3-8,10,16,18H,1-2,9,11-12H2. The summed E-state index contributed by atoms with van der Waals surface area (Å²) in [6, 6.07) is 9.55. The molecule has 2 amide bonds. The molecule has 2 atom stereocenters. The highest BCUT2D eigenvalue weighted by atomic mass is 79.9. The molecule has 2 aromatic rings. The van der Waals surface area contributed by atoms with Crippen LogP contribution in [0.1, 0.15) is 19.3 Å². The van der Waals surface area contributed by atoms with Crippen LogP contribution in [-0.4, -0.2) is 49.8 Å². The molecule has 0 saturated carbocycles. The van der Waals surface area contributed by atoms with Crippen LogP contribution in [0.5, 0.6) is 0 Å². The van der Waals surface area contributed by atoms with Gasteiger partial charge in [-0.3, -0.25) is 9.59 Å². The summed E-state index contributed by atoms with van der Waals surface area (Å²) in [5.41, 5.74) is 0.376. The number of carbonyl (C=O) groups excluding carboxylic acids is 2. The second-order valence-electron chi connectivity index (χ2n) is 7.55.